The van der Waals surface area contributed by atoms with E-state index in [2.05, 4.69) is 38.1 Å². The highest BCUT2D eigenvalue weighted by molar-refractivity contribution is 6.38. The van der Waals surface area contributed by atoms with Crippen LogP contribution in [0.5, 0.6) is 0 Å². The van der Waals surface area contributed by atoms with Gasteiger partial charge in [-0.25, -0.2) is 4.90 Å². The molecule has 0 radical (unpaired) electrons. The lowest BCUT2D eigenvalue weighted by atomic mass is 9.42. The highest BCUT2D eigenvalue weighted by Gasteiger charge is 2.70. The van der Waals surface area contributed by atoms with Crippen molar-refractivity contribution in [3.63, 3.8) is 0 Å². The Hall–Kier alpha value is -2.62. The summed E-state index contributed by atoms with van der Waals surface area (Å²) in [6.07, 6.45) is 0. The van der Waals surface area contributed by atoms with Gasteiger partial charge in [0, 0.05) is 15.9 Å². The summed E-state index contributed by atoms with van der Waals surface area (Å²) < 4.78 is 0. The Bertz CT molecular complexity index is 1190. The molecule has 3 nitrogen and oxygen atoms in total. The molecule has 3 aliphatic carbocycles. The molecule has 2 bridgehead atoms. The number of carbonyl (C=O) groups excluding carboxylic acids is 2. The van der Waals surface area contributed by atoms with E-state index >= 15 is 0 Å². The van der Waals surface area contributed by atoms with Gasteiger partial charge in [0.1, 0.15) is 0 Å². The van der Waals surface area contributed by atoms with E-state index in [1.54, 1.807) is 18.2 Å². The molecule has 1 heterocycles. The van der Waals surface area contributed by atoms with E-state index in [0.717, 1.165) is 22.3 Å². The second-order valence-corrected chi connectivity index (χ2v) is 9.90. The van der Waals surface area contributed by atoms with Crippen LogP contribution in [0.2, 0.25) is 10.0 Å². The summed E-state index contributed by atoms with van der Waals surface area (Å²) in [5.74, 6) is -1.44. The fourth-order valence-electron chi connectivity index (χ4n) is 6.47. The van der Waals surface area contributed by atoms with Gasteiger partial charge in [0.2, 0.25) is 11.8 Å². The van der Waals surface area contributed by atoms with Crippen LogP contribution in [0, 0.1) is 11.8 Å². The fraction of sp³-hybridized carbons (Fsp3) is 0.231. The third kappa shape index (κ3) is 2.07. The Morgan fingerprint density at radius 3 is 1.55 bits per heavy atom. The van der Waals surface area contributed by atoms with Gasteiger partial charge in [-0.05, 0) is 40.5 Å². The van der Waals surface area contributed by atoms with E-state index in [1.165, 1.54) is 4.90 Å². The van der Waals surface area contributed by atoms with E-state index in [-0.39, 0.29) is 11.8 Å². The number of rotatable bonds is 1. The van der Waals surface area contributed by atoms with Crippen molar-refractivity contribution in [3.8, 4) is 0 Å². The maximum absolute atomic E-state index is 14.0. The lowest BCUT2D eigenvalue weighted by molar-refractivity contribution is -0.124. The predicted octanol–water partition coefficient (Wildman–Crippen LogP) is 5.74. The minimum absolute atomic E-state index is 0.211. The van der Waals surface area contributed by atoms with Crippen molar-refractivity contribution in [2.75, 3.05) is 4.90 Å². The predicted molar refractivity (Wildman–Crippen MR) is 122 cm³/mol. The third-order valence-electron chi connectivity index (χ3n) is 7.79. The number of benzene rings is 3. The topological polar surface area (TPSA) is 37.4 Å². The van der Waals surface area contributed by atoms with E-state index in [1.807, 2.05) is 24.3 Å². The lowest BCUT2D eigenvalue weighted by Gasteiger charge is -2.57. The van der Waals surface area contributed by atoms with Gasteiger partial charge in [0.25, 0.3) is 0 Å². The van der Waals surface area contributed by atoms with Gasteiger partial charge in [-0.1, -0.05) is 85.6 Å². The van der Waals surface area contributed by atoms with Gasteiger partial charge >= 0.3 is 0 Å². The van der Waals surface area contributed by atoms with Crippen LogP contribution in [0.15, 0.2) is 66.7 Å². The molecule has 0 saturated carbocycles. The smallest absolute Gasteiger partial charge is 0.239 e. The quantitative estimate of drug-likeness (QED) is 0.446. The molecule has 4 aliphatic rings. The first-order valence-electron chi connectivity index (χ1n) is 10.3. The molecule has 2 atom stereocenters. The maximum atomic E-state index is 14.0. The first kappa shape index (κ1) is 19.1. The van der Waals surface area contributed by atoms with Crippen LogP contribution in [-0.4, -0.2) is 11.8 Å². The molecule has 3 aromatic rings. The van der Waals surface area contributed by atoms with Crippen molar-refractivity contribution < 1.29 is 9.59 Å². The molecular formula is C26H19Cl2NO2. The number of carbonyl (C=O) groups is 2. The SMILES string of the molecule is CC12c3ccccc3C(C)(c3ccccc31)[C@@H]1C(=O)N(c3cc(Cl)ccc3Cl)C(=O)[C@H]12. The second-order valence-electron chi connectivity index (χ2n) is 9.06. The first-order valence-corrected chi connectivity index (χ1v) is 11.1. The molecule has 7 rings (SSSR count). The Morgan fingerprint density at radius 2 is 1.13 bits per heavy atom. The van der Waals surface area contributed by atoms with Gasteiger partial charge in [-0.2, -0.15) is 0 Å². The first-order chi connectivity index (χ1) is 14.8. The number of amides is 2. The number of imide groups is 1. The molecule has 1 fully saturated rings. The zero-order chi connectivity index (χ0) is 21.7. The Kier molecular flexibility index (Phi) is 3.69. The summed E-state index contributed by atoms with van der Waals surface area (Å²) in [4.78, 5) is 29.2. The van der Waals surface area contributed by atoms with Gasteiger partial charge in [0.15, 0.2) is 0 Å². The highest BCUT2D eigenvalue weighted by Crippen LogP contribution is 2.66. The minimum atomic E-state index is -0.609. The van der Waals surface area contributed by atoms with E-state index in [0.29, 0.717) is 15.7 Å². The van der Waals surface area contributed by atoms with Crippen LogP contribution in [0.1, 0.15) is 36.1 Å². The molecule has 2 amide bonds. The van der Waals surface area contributed by atoms with Gasteiger partial charge in [0.05, 0.1) is 22.5 Å². The van der Waals surface area contributed by atoms with Crippen molar-refractivity contribution in [3.05, 3.63) is 99.0 Å². The number of nitrogens with zero attached hydrogens (tertiary/aromatic N) is 1. The number of hydrogen-bond donors (Lipinski definition) is 0. The molecule has 0 aromatic heterocycles. The molecule has 3 aromatic carbocycles. The van der Waals surface area contributed by atoms with Crippen LogP contribution >= 0.6 is 23.2 Å². The molecular weight excluding hydrogens is 429 g/mol. The molecule has 0 spiro atoms. The zero-order valence-corrected chi connectivity index (χ0v) is 18.5. The van der Waals surface area contributed by atoms with Gasteiger partial charge in [-0.15, -0.1) is 0 Å². The lowest BCUT2D eigenvalue weighted by Crippen LogP contribution is -2.59. The maximum Gasteiger partial charge on any atom is 0.239 e. The van der Waals surface area contributed by atoms with Crippen molar-refractivity contribution in [2.45, 2.75) is 24.7 Å². The average molecular weight is 448 g/mol. The summed E-state index contributed by atoms with van der Waals surface area (Å²) >= 11 is 12.6. The van der Waals surface area contributed by atoms with Crippen LogP contribution in [0.3, 0.4) is 0 Å². The number of halogens is 2. The summed E-state index contributed by atoms with van der Waals surface area (Å²) in [6, 6.07) is 21.4. The van der Waals surface area contributed by atoms with Crippen LogP contribution in [-0.2, 0) is 20.4 Å². The fourth-order valence-corrected chi connectivity index (χ4v) is 6.83. The van der Waals surface area contributed by atoms with Crippen molar-refractivity contribution in [1.82, 2.24) is 0 Å². The van der Waals surface area contributed by atoms with Crippen molar-refractivity contribution in [1.29, 1.82) is 0 Å². The molecule has 5 heteroatoms. The summed E-state index contributed by atoms with van der Waals surface area (Å²) in [5, 5.41) is 0.768. The number of anilines is 1. The molecule has 1 aliphatic heterocycles. The Labute approximate surface area is 190 Å². The standard InChI is InChI=1S/C26H19Cl2NO2/c1-25-15-7-3-5-9-17(15)26(2,18-10-6-4-8-16(18)25)22-21(25)23(30)29(24(22)31)20-13-14(27)11-12-19(20)28/h3-13,21-22H,1-2H3/t21-,22-,25?,26?/m0/s1. The molecule has 0 unspecified atom stereocenters. The monoisotopic (exact) mass is 447 g/mol. The Morgan fingerprint density at radius 1 is 0.710 bits per heavy atom. The van der Waals surface area contributed by atoms with Gasteiger partial charge < -0.3 is 0 Å². The Balaban J connectivity index is 1.67. The summed E-state index contributed by atoms with van der Waals surface area (Å²) in [7, 11) is 0. The molecule has 0 N–H and O–H groups in total. The third-order valence-corrected chi connectivity index (χ3v) is 8.35. The van der Waals surface area contributed by atoms with E-state index in [4.69, 9.17) is 23.2 Å². The molecule has 31 heavy (non-hydrogen) atoms. The average Bonchev–Trinajstić information content (AvgIpc) is 3.05. The molecule has 154 valence electrons. The normalized spacial score (nSPS) is 30.3. The van der Waals surface area contributed by atoms with Crippen LogP contribution in [0.4, 0.5) is 5.69 Å². The van der Waals surface area contributed by atoms with Crippen molar-refractivity contribution >= 4 is 40.7 Å². The van der Waals surface area contributed by atoms with Crippen LogP contribution in [0.25, 0.3) is 0 Å². The van der Waals surface area contributed by atoms with Crippen LogP contribution < -0.4 is 4.90 Å². The molecule has 1 saturated heterocycles. The summed E-state index contributed by atoms with van der Waals surface area (Å²) in [6.45, 7) is 4.21. The summed E-state index contributed by atoms with van der Waals surface area (Å²) in [5.41, 5.74) is 3.63. The van der Waals surface area contributed by atoms with Crippen molar-refractivity contribution in [2.24, 2.45) is 11.8 Å². The van der Waals surface area contributed by atoms with E-state index < -0.39 is 22.7 Å². The minimum Gasteiger partial charge on any atom is -0.274 e. The zero-order valence-electron chi connectivity index (χ0n) is 17.0. The second kappa shape index (κ2) is 5.99. The number of hydrogen-bond acceptors (Lipinski definition) is 2. The van der Waals surface area contributed by atoms with Gasteiger partial charge in [-0.3, -0.25) is 9.59 Å². The largest absolute Gasteiger partial charge is 0.274 e. The highest BCUT2D eigenvalue weighted by atomic mass is 35.5. The van der Waals surface area contributed by atoms with E-state index in [9.17, 15) is 9.59 Å².